The summed E-state index contributed by atoms with van der Waals surface area (Å²) in [5.74, 6) is -0.0138. The molecule has 21 heavy (non-hydrogen) atoms. The summed E-state index contributed by atoms with van der Waals surface area (Å²) >= 11 is 0. The van der Waals surface area contributed by atoms with Crippen molar-refractivity contribution in [2.45, 2.75) is 19.9 Å². The Hall–Kier alpha value is -2.20. The fourth-order valence-electron chi connectivity index (χ4n) is 2.52. The van der Waals surface area contributed by atoms with Gasteiger partial charge in [0.15, 0.2) is 0 Å². The van der Waals surface area contributed by atoms with Crippen molar-refractivity contribution >= 4 is 11.0 Å². The summed E-state index contributed by atoms with van der Waals surface area (Å²) in [4.78, 5) is 0. The zero-order chi connectivity index (χ0) is 15.1. The van der Waals surface area contributed by atoms with Crippen LogP contribution in [0.3, 0.4) is 0 Å². The Kier molecular flexibility index (Phi) is 3.26. The van der Waals surface area contributed by atoms with Crippen molar-refractivity contribution in [1.82, 2.24) is 0 Å². The summed E-state index contributed by atoms with van der Waals surface area (Å²) in [6.45, 7) is 3.53. The first kappa shape index (κ1) is 13.8. The molecular weight excluding hydrogens is 272 g/mol. The maximum absolute atomic E-state index is 13.3. The average molecular weight is 287 g/mol. The zero-order valence-corrected chi connectivity index (χ0v) is 11.8. The van der Waals surface area contributed by atoms with Crippen LogP contribution in [0.2, 0.25) is 0 Å². The van der Waals surface area contributed by atoms with Gasteiger partial charge in [0.05, 0.1) is 6.04 Å². The molecule has 0 fully saturated rings. The number of aryl methyl sites for hydroxylation is 2. The van der Waals surface area contributed by atoms with Gasteiger partial charge in [-0.3, -0.25) is 0 Å². The lowest BCUT2D eigenvalue weighted by atomic mass is 10.00. The first-order chi connectivity index (χ1) is 9.97. The maximum atomic E-state index is 13.3. The third-order valence-corrected chi connectivity index (χ3v) is 3.76. The molecule has 4 heteroatoms. The van der Waals surface area contributed by atoms with Gasteiger partial charge in [0, 0.05) is 10.9 Å². The van der Waals surface area contributed by atoms with Crippen LogP contribution >= 0.6 is 0 Å². The fourth-order valence-corrected chi connectivity index (χ4v) is 2.52. The number of hydrogen-bond donors (Lipinski definition) is 1. The number of furan rings is 1. The van der Waals surface area contributed by atoms with Crippen LogP contribution in [0.25, 0.3) is 11.0 Å². The lowest BCUT2D eigenvalue weighted by Crippen LogP contribution is -2.12. The van der Waals surface area contributed by atoms with Gasteiger partial charge in [-0.05, 0) is 49.2 Å². The number of rotatable bonds is 2. The smallest absolute Gasteiger partial charge is 0.134 e. The SMILES string of the molecule is Cc1cc(C(N)c2oc3ccc(F)cc3c2C)ccc1F. The molecule has 2 aromatic carbocycles. The molecule has 0 amide bonds. The van der Waals surface area contributed by atoms with Gasteiger partial charge in [-0.2, -0.15) is 0 Å². The van der Waals surface area contributed by atoms with Crippen molar-refractivity contribution in [3.63, 3.8) is 0 Å². The first-order valence-electron chi connectivity index (χ1n) is 6.67. The van der Waals surface area contributed by atoms with E-state index in [1.54, 1.807) is 25.1 Å². The monoisotopic (exact) mass is 287 g/mol. The van der Waals surface area contributed by atoms with Crippen LogP contribution in [0.4, 0.5) is 8.78 Å². The Morgan fingerprint density at radius 2 is 1.81 bits per heavy atom. The maximum Gasteiger partial charge on any atom is 0.134 e. The van der Waals surface area contributed by atoms with E-state index in [0.717, 1.165) is 11.1 Å². The molecule has 1 atom stereocenters. The second-order valence-electron chi connectivity index (χ2n) is 5.22. The number of nitrogens with two attached hydrogens (primary N) is 1. The van der Waals surface area contributed by atoms with E-state index in [2.05, 4.69) is 0 Å². The molecule has 0 aliphatic heterocycles. The number of halogens is 2. The Morgan fingerprint density at radius 3 is 2.52 bits per heavy atom. The van der Waals surface area contributed by atoms with Gasteiger partial charge in [-0.1, -0.05) is 12.1 Å². The van der Waals surface area contributed by atoms with E-state index in [0.29, 0.717) is 22.3 Å². The summed E-state index contributed by atoms with van der Waals surface area (Å²) < 4.78 is 32.4. The molecule has 0 saturated heterocycles. The molecule has 2 N–H and O–H groups in total. The molecule has 3 aromatic rings. The van der Waals surface area contributed by atoms with Crippen LogP contribution in [0.1, 0.15) is 28.5 Å². The zero-order valence-electron chi connectivity index (χ0n) is 11.8. The van der Waals surface area contributed by atoms with Crippen molar-refractivity contribution in [1.29, 1.82) is 0 Å². The predicted molar refractivity (Wildman–Crippen MR) is 78.1 cm³/mol. The minimum absolute atomic E-state index is 0.269. The Bertz CT molecular complexity index is 823. The third kappa shape index (κ3) is 2.32. The van der Waals surface area contributed by atoms with Gasteiger partial charge in [0.1, 0.15) is 23.0 Å². The van der Waals surface area contributed by atoms with Gasteiger partial charge < -0.3 is 10.2 Å². The lowest BCUT2D eigenvalue weighted by molar-refractivity contribution is 0.520. The van der Waals surface area contributed by atoms with Crippen molar-refractivity contribution < 1.29 is 13.2 Å². The second kappa shape index (κ2) is 4.97. The van der Waals surface area contributed by atoms with Gasteiger partial charge >= 0.3 is 0 Å². The van der Waals surface area contributed by atoms with Crippen molar-refractivity contribution in [2.75, 3.05) is 0 Å². The molecule has 0 aliphatic rings. The quantitative estimate of drug-likeness (QED) is 0.760. The predicted octanol–water partition coefficient (Wildman–Crippen LogP) is 4.38. The van der Waals surface area contributed by atoms with Crippen LogP contribution in [-0.2, 0) is 0 Å². The minimum Gasteiger partial charge on any atom is -0.459 e. The van der Waals surface area contributed by atoms with E-state index in [-0.39, 0.29) is 11.6 Å². The van der Waals surface area contributed by atoms with Crippen molar-refractivity contribution in [2.24, 2.45) is 5.73 Å². The second-order valence-corrected chi connectivity index (χ2v) is 5.22. The van der Waals surface area contributed by atoms with E-state index >= 15 is 0 Å². The van der Waals surface area contributed by atoms with Crippen LogP contribution in [0.15, 0.2) is 40.8 Å². The molecule has 3 rings (SSSR count). The van der Waals surface area contributed by atoms with Crippen molar-refractivity contribution in [3.05, 3.63) is 70.5 Å². The van der Waals surface area contributed by atoms with Crippen LogP contribution in [-0.4, -0.2) is 0 Å². The van der Waals surface area contributed by atoms with E-state index in [1.807, 2.05) is 6.92 Å². The largest absolute Gasteiger partial charge is 0.459 e. The molecule has 1 unspecified atom stereocenters. The Balaban J connectivity index is 2.10. The molecule has 108 valence electrons. The van der Waals surface area contributed by atoms with Crippen LogP contribution in [0, 0.1) is 25.5 Å². The molecular formula is C17H15F2NO. The van der Waals surface area contributed by atoms with E-state index < -0.39 is 6.04 Å². The summed E-state index contributed by atoms with van der Waals surface area (Å²) in [6.07, 6.45) is 0. The summed E-state index contributed by atoms with van der Waals surface area (Å²) in [5.41, 5.74) is 8.92. The average Bonchev–Trinajstić information content (AvgIpc) is 2.78. The number of fused-ring (bicyclic) bond motifs is 1. The van der Waals surface area contributed by atoms with Crippen LogP contribution < -0.4 is 5.73 Å². The van der Waals surface area contributed by atoms with Crippen LogP contribution in [0.5, 0.6) is 0 Å². The van der Waals surface area contributed by atoms with E-state index in [9.17, 15) is 8.78 Å². The van der Waals surface area contributed by atoms with Gasteiger partial charge in [0.2, 0.25) is 0 Å². The minimum atomic E-state index is -0.514. The summed E-state index contributed by atoms with van der Waals surface area (Å²) in [7, 11) is 0. The summed E-state index contributed by atoms with van der Waals surface area (Å²) in [6, 6.07) is 8.59. The molecule has 0 saturated carbocycles. The van der Waals surface area contributed by atoms with Gasteiger partial charge in [0.25, 0.3) is 0 Å². The number of hydrogen-bond acceptors (Lipinski definition) is 2. The van der Waals surface area contributed by atoms with E-state index in [1.165, 1.54) is 18.2 Å². The lowest BCUT2D eigenvalue weighted by Gasteiger charge is -2.11. The van der Waals surface area contributed by atoms with Crippen molar-refractivity contribution in [3.8, 4) is 0 Å². The molecule has 2 nitrogen and oxygen atoms in total. The first-order valence-corrected chi connectivity index (χ1v) is 6.67. The Labute approximate surface area is 121 Å². The molecule has 0 radical (unpaired) electrons. The topological polar surface area (TPSA) is 39.2 Å². The van der Waals surface area contributed by atoms with Gasteiger partial charge in [-0.25, -0.2) is 8.78 Å². The van der Waals surface area contributed by atoms with Gasteiger partial charge in [-0.15, -0.1) is 0 Å². The van der Waals surface area contributed by atoms with E-state index in [4.69, 9.17) is 10.2 Å². The molecule has 0 aliphatic carbocycles. The highest BCUT2D eigenvalue weighted by Crippen LogP contribution is 2.32. The standard InChI is InChI=1S/C17H15F2NO/c1-9-7-11(3-5-14(9)19)16(20)17-10(2)13-8-12(18)4-6-15(13)21-17/h3-8,16H,20H2,1-2H3. The molecule has 0 spiro atoms. The highest BCUT2D eigenvalue weighted by molar-refractivity contribution is 5.82. The Morgan fingerprint density at radius 1 is 1.05 bits per heavy atom. The highest BCUT2D eigenvalue weighted by atomic mass is 19.1. The fraction of sp³-hybridized carbons (Fsp3) is 0.176. The molecule has 1 heterocycles. The number of benzene rings is 2. The molecule has 0 bridgehead atoms. The summed E-state index contributed by atoms with van der Waals surface area (Å²) in [5, 5.41) is 0.708. The highest BCUT2D eigenvalue weighted by Gasteiger charge is 2.19. The molecule has 1 aromatic heterocycles. The normalized spacial score (nSPS) is 12.8. The third-order valence-electron chi connectivity index (χ3n) is 3.76.